The number of methoxy groups -OCH3 is 2. The maximum atomic E-state index is 13.3. The molecule has 0 bridgehead atoms. The lowest BCUT2D eigenvalue weighted by molar-refractivity contribution is -0.141. The molecule has 38 heavy (non-hydrogen) atoms. The summed E-state index contributed by atoms with van der Waals surface area (Å²) in [5, 5.41) is 33.4. The van der Waals surface area contributed by atoms with Crippen LogP contribution in [-0.2, 0) is 25.7 Å². The van der Waals surface area contributed by atoms with E-state index in [9.17, 15) is 24.9 Å². The molecule has 2 heterocycles. The Balaban J connectivity index is 1.72. The topological polar surface area (TPSA) is 150 Å². The van der Waals surface area contributed by atoms with Crippen LogP contribution in [0.2, 0.25) is 0 Å². The van der Waals surface area contributed by atoms with Crippen LogP contribution in [0.1, 0.15) is 17.0 Å². The van der Waals surface area contributed by atoms with Gasteiger partial charge in [0.2, 0.25) is 11.8 Å². The maximum Gasteiger partial charge on any atom is 0.249 e. The number of hydrogen-bond donors (Lipinski definition) is 4. The average molecular weight is 536 g/mol. The van der Waals surface area contributed by atoms with Crippen LogP contribution in [0.25, 0.3) is 0 Å². The summed E-state index contributed by atoms with van der Waals surface area (Å²) in [7, 11) is 2.90. The maximum absolute atomic E-state index is 13.3. The van der Waals surface area contributed by atoms with E-state index in [2.05, 4.69) is 10.2 Å². The monoisotopic (exact) mass is 535 g/mol. The van der Waals surface area contributed by atoms with E-state index in [0.29, 0.717) is 54.5 Å². The Kier molecular flexibility index (Phi) is 9.58. The smallest absolute Gasteiger partial charge is 0.249 e. The molecule has 0 saturated carbocycles. The van der Waals surface area contributed by atoms with Crippen LogP contribution in [0.5, 0.6) is 11.5 Å². The number of aliphatic hydroxyl groups excluding tert-OH is 3. The number of amides is 2. The second kappa shape index (κ2) is 12.9. The molecule has 0 radical (unpaired) electrons. The first-order valence-corrected chi connectivity index (χ1v) is 12.8. The van der Waals surface area contributed by atoms with Gasteiger partial charge in [-0.1, -0.05) is 0 Å². The van der Waals surface area contributed by atoms with Crippen molar-refractivity contribution in [2.45, 2.75) is 30.8 Å². The number of rotatable bonds is 11. The predicted octanol–water partition coefficient (Wildman–Crippen LogP) is -1.38. The minimum absolute atomic E-state index is 0.0395. The molecule has 4 unspecified atom stereocenters. The largest absolute Gasteiger partial charge is 0.493 e. The molecule has 1 aliphatic carbocycles. The molecule has 0 aromatic heterocycles. The minimum atomic E-state index is -1.17. The van der Waals surface area contributed by atoms with Crippen molar-refractivity contribution in [3.8, 4) is 11.5 Å². The van der Waals surface area contributed by atoms with Gasteiger partial charge in [-0.25, -0.2) is 0 Å². The van der Waals surface area contributed by atoms with Gasteiger partial charge in [0.05, 0.1) is 45.5 Å². The van der Waals surface area contributed by atoms with Gasteiger partial charge < -0.3 is 44.5 Å². The van der Waals surface area contributed by atoms with Crippen LogP contribution in [-0.4, -0.2) is 129 Å². The van der Waals surface area contributed by atoms with Gasteiger partial charge in [0.1, 0.15) is 18.8 Å². The molecule has 2 aliphatic heterocycles. The van der Waals surface area contributed by atoms with E-state index < -0.39 is 30.1 Å². The van der Waals surface area contributed by atoms with Crippen LogP contribution in [0, 0.1) is 0 Å². The Morgan fingerprint density at radius 1 is 1.21 bits per heavy atom. The van der Waals surface area contributed by atoms with Crippen LogP contribution in [0.4, 0.5) is 0 Å². The van der Waals surface area contributed by atoms with Crippen molar-refractivity contribution in [1.82, 2.24) is 15.1 Å². The van der Waals surface area contributed by atoms with E-state index in [1.807, 2.05) is 0 Å². The summed E-state index contributed by atoms with van der Waals surface area (Å²) in [5.41, 5.74) is 1.47. The number of aliphatic hydroxyl groups is 3. The molecule has 4 atom stereocenters. The standard InChI is InChI=1S/C26H37N3O9/c1-35-15-21(32)29(5-4-28-6-9-37-10-7-28)19-13-18(26(34)27-3-8-30)22-17-11-16(14-31)12-20(36-2)24(17)38-25(22)23(19)33/h11-13,19,22-23,25,30-31,33H,3-10,14-15H2,1-2H3,(H,27,34). The number of nitrogens with zero attached hydrogens (tertiary/aromatic N) is 2. The molecular formula is C26H37N3O9. The second-order valence-corrected chi connectivity index (χ2v) is 9.49. The van der Waals surface area contributed by atoms with E-state index >= 15 is 0 Å². The van der Waals surface area contributed by atoms with Crippen molar-refractivity contribution >= 4 is 11.8 Å². The van der Waals surface area contributed by atoms with Crippen molar-refractivity contribution < 1.29 is 43.9 Å². The quantitative estimate of drug-likeness (QED) is 0.267. The first-order chi connectivity index (χ1) is 18.4. The van der Waals surface area contributed by atoms with Crippen molar-refractivity contribution in [3.05, 3.63) is 34.9 Å². The molecule has 1 fully saturated rings. The van der Waals surface area contributed by atoms with Crippen molar-refractivity contribution in [3.63, 3.8) is 0 Å². The molecule has 1 saturated heterocycles. The molecule has 1 aromatic carbocycles. The van der Waals surface area contributed by atoms with Crippen LogP contribution in [0.3, 0.4) is 0 Å². The molecule has 4 N–H and O–H groups in total. The summed E-state index contributed by atoms with van der Waals surface area (Å²) in [6.45, 7) is 2.92. The number of nitrogens with one attached hydrogen (secondary N) is 1. The zero-order valence-corrected chi connectivity index (χ0v) is 21.8. The SMILES string of the molecule is COCC(=O)N(CCN1CCOCC1)C1C=C(C(=O)NCCO)C2c3cc(CO)cc(OC)c3OC2C1O. The summed E-state index contributed by atoms with van der Waals surface area (Å²) in [6.07, 6.45) is -0.448. The highest BCUT2D eigenvalue weighted by Crippen LogP contribution is 2.51. The summed E-state index contributed by atoms with van der Waals surface area (Å²) < 4.78 is 22.2. The van der Waals surface area contributed by atoms with Gasteiger partial charge in [0, 0.05) is 51.0 Å². The number of morpholine rings is 1. The summed E-state index contributed by atoms with van der Waals surface area (Å²) in [4.78, 5) is 30.2. The van der Waals surface area contributed by atoms with Crippen LogP contribution >= 0.6 is 0 Å². The fourth-order valence-electron chi connectivity index (χ4n) is 5.34. The van der Waals surface area contributed by atoms with Gasteiger partial charge in [0.15, 0.2) is 11.5 Å². The normalized spacial score (nSPS) is 24.6. The average Bonchev–Trinajstić information content (AvgIpc) is 3.33. The third-order valence-corrected chi connectivity index (χ3v) is 7.20. The van der Waals surface area contributed by atoms with Crippen LogP contribution in [0.15, 0.2) is 23.8 Å². The lowest BCUT2D eigenvalue weighted by atomic mass is 9.77. The number of fused-ring (bicyclic) bond motifs is 3. The number of carbonyl (C=O) groups excluding carboxylic acids is 2. The zero-order chi connectivity index (χ0) is 27.2. The third-order valence-electron chi connectivity index (χ3n) is 7.20. The van der Waals surface area contributed by atoms with E-state index in [0.717, 1.165) is 13.1 Å². The number of carbonyl (C=O) groups is 2. The summed E-state index contributed by atoms with van der Waals surface area (Å²) >= 11 is 0. The fraction of sp³-hybridized carbons (Fsp3) is 0.615. The van der Waals surface area contributed by atoms with Gasteiger partial charge >= 0.3 is 0 Å². The lowest BCUT2D eigenvalue weighted by Crippen LogP contribution is -2.57. The van der Waals surface area contributed by atoms with Gasteiger partial charge in [-0.2, -0.15) is 0 Å². The van der Waals surface area contributed by atoms with Gasteiger partial charge in [-0.3, -0.25) is 14.5 Å². The first-order valence-electron chi connectivity index (χ1n) is 12.8. The van der Waals surface area contributed by atoms with Gasteiger partial charge in [-0.05, 0) is 23.8 Å². The van der Waals surface area contributed by atoms with E-state index in [1.54, 1.807) is 18.2 Å². The van der Waals surface area contributed by atoms with E-state index in [4.69, 9.17) is 18.9 Å². The molecule has 210 valence electrons. The molecular weight excluding hydrogens is 498 g/mol. The summed E-state index contributed by atoms with van der Waals surface area (Å²) in [5.74, 6) is -0.690. The highest BCUT2D eigenvalue weighted by Gasteiger charge is 2.51. The molecule has 1 aromatic rings. The first kappa shape index (κ1) is 28.3. The third kappa shape index (κ3) is 5.80. The second-order valence-electron chi connectivity index (χ2n) is 9.49. The van der Waals surface area contributed by atoms with E-state index in [-0.39, 0.29) is 32.3 Å². The lowest BCUT2D eigenvalue weighted by Gasteiger charge is -2.41. The van der Waals surface area contributed by atoms with Gasteiger partial charge in [0.25, 0.3) is 0 Å². The fourth-order valence-corrected chi connectivity index (χ4v) is 5.34. The van der Waals surface area contributed by atoms with Crippen molar-refractivity contribution in [2.24, 2.45) is 0 Å². The molecule has 12 heteroatoms. The summed E-state index contributed by atoms with van der Waals surface area (Å²) in [6, 6.07) is 2.51. The number of ether oxygens (including phenoxy) is 4. The molecule has 2 amide bonds. The minimum Gasteiger partial charge on any atom is -0.493 e. The zero-order valence-electron chi connectivity index (χ0n) is 21.8. The molecule has 0 spiro atoms. The Hall–Kier alpha value is -2.74. The van der Waals surface area contributed by atoms with Gasteiger partial charge in [-0.15, -0.1) is 0 Å². The molecule has 12 nitrogen and oxygen atoms in total. The Labute approximate surface area is 221 Å². The molecule has 4 rings (SSSR count). The van der Waals surface area contributed by atoms with E-state index in [1.165, 1.54) is 19.1 Å². The Morgan fingerprint density at radius 2 is 1.97 bits per heavy atom. The Morgan fingerprint density at radius 3 is 2.63 bits per heavy atom. The Bertz CT molecular complexity index is 1030. The highest BCUT2D eigenvalue weighted by atomic mass is 16.5. The number of hydrogen-bond acceptors (Lipinski definition) is 10. The van der Waals surface area contributed by atoms with Crippen molar-refractivity contribution in [1.29, 1.82) is 0 Å². The van der Waals surface area contributed by atoms with Crippen molar-refractivity contribution in [2.75, 3.05) is 73.4 Å². The number of benzene rings is 1. The highest BCUT2D eigenvalue weighted by molar-refractivity contribution is 5.96. The predicted molar refractivity (Wildman–Crippen MR) is 135 cm³/mol. The molecule has 3 aliphatic rings. The van der Waals surface area contributed by atoms with Crippen LogP contribution < -0.4 is 14.8 Å².